The Hall–Kier alpha value is 1.04. The van der Waals surface area contributed by atoms with Gasteiger partial charge >= 0.3 is 0 Å². The highest BCUT2D eigenvalue weighted by Gasteiger charge is 2.01. The average Bonchev–Trinajstić information content (AvgIpc) is 2.11. The summed E-state index contributed by atoms with van der Waals surface area (Å²) >= 11 is 9.88. The lowest BCUT2D eigenvalue weighted by Gasteiger charge is -2.05. The van der Waals surface area contributed by atoms with Gasteiger partial charge in [-0.15, -0.1) is 0 Å². The summed E-state index contributed by atoms with van der Waals surface area (Å²) in [5.74, 6) is 0. The molecule has 0 N–H and O–H groups in total. The number of rotatable bonds is 8. The Labute approximate surface area is 89.2 Å². The SMILES string of the molecule is CCC(CCCCCP=S)P=S. The van der Waals surface area contributed by atoms with Crippen molar-refractivity contribution in [1.82, 2.24) is 0 Å². The van der Waals surface area contributed by atoms with Gasteiger partial charge in [0.25, 0.3) is 0 Å². The number of hydrogen-bond acceptors (Lipinski definition) is 2. The van der Waals surface area contributed by atoms with Gasteiger partial charge < -0.3 is 0 Å². The van der Waals surface area contributed by atoms with Crippen LogP contribution in [0, 0.1) is 0 Å². The van der Waals surface area contributed by atoms with E-state index in [1.807, 2.05) is 0 Å². The van der Waals surface area contributed by atoms with Crippen LogP contribution in [-0.2, 0) is 23.6 Å². The normalized spacial score (nSPS) is 13.8. The summed E-state index contributed by atoms with van der Waals surface area (Å²) in [5.41, 5.74) is 0.765. The second kappa shape index (κ2) is 10.1. The molecule has 0 aliphatic carbocycles. The van der Waals surface area contributed by atoms with Crippen molar-refractivity contribution in [2.75, 3.05) is 6.16 Å². The van der Waals surface area contributed by atoms with Crippen molar-refractivity contribution in [3.05, 3.63) is 0 Å². The Morgan fingerprint density at radius 3 is 2.42 bits per heavy atom. The first-order valence-corrected chi connectivity index (χ1v) is 8.53. The Balaban J connectivity index is 3.17. The first-order valence-electron chi connectivity index (χ1n) is 4.46. The second-order valence-electron chi connectivity index (χ2n) is 2.87. The predicted octanol–water partition coefficient (Wildman–Crippen LogP) is 4.14. The van der Waals surface area contributed by atoms with Crippen LogP contribution in [0.3, 0.4) is 0 Å². The molecular weight excluding hydrogens is 222 g/mol. The summed E-state index contributed by atoms with van der Waals surface area (Å²) in [6, 6.07) is 0. The predicted molar refractivity (Wildman–Crippen MR) is 66.0 cm³/mol. The third-order valence-electron chi connectivity index (χ3n) is 1.91. The van der Waals surface area contributed by atoms with Crippen molar-refractivity contribution in [2.45, 2.75) is 44.7 Å². The number of unbranched alkanes of at least 4 members (excludes halogenated alkanes) is 2. The van der Waals surface area contributed by atoms with Gasteiger partial charge in [0, 0.05) is 5.66 Å². The van der Waals surface area contributed by atoms with Gasteiger partial charge in [-0.25, -0.2) is 0 Å². The van der Waals surface area contributed by atoms with E-state index in [1.165, 1.54) is 38.3 Å². The summed E-state index contributed by atoms with van der Waals surface area (Å²) in [5, 5.41) is 0. The zero-order valence-electron chi connectivity index (χ0n) is 7.53. The highest BCUT2D eigenvalue weighted by molar-refractivity contribution is 7.96. The van der Waals surface area contributed by atoms with Crippen molar-refractivity contribution in [3.63, 3.8) is 0 Å². The van der Waals surface area contributed by atoms with Crippen LogP contribution in [0.25, 0.3) is 0 Å². The first kappa shape index (κ1) is 13.0. The minimum Gasteiger partial charge on any atom is -0.0645 e. The van der Waals surface area contributed by atoms with Crippen molar-refractivity contribution in [1.29, 1.82) is 0 Å². The lowest BCUT2D eigenvalue weighted by atomic mass is 10.1. The van der Waals surface area contributed by atoms with E-state index in [2.05, 4.69) is 6.92 Å². The zero-order valence-corrected chi connectivity index (χ0v) is 11.0. The molecule has 70 valence electrons. The molecule has 0 amide bonds. The van der Waals surface area contributed by atoms with E-state index in [4.69, 9.17) is 23.6 Å². The fraction of sp³-hybridized carbons (Fsp3) is 1.00. The van der Waals surface area contributed by atoms with Gasteiger partial charge in [-0.3, -0.25) is 0 Å². The molecule has 0 rings (SSSR count). The van der Waals surface area contributed by atoms with E-state index in [0.717, 1.165) is 20.4 Å². The van der Waals surface area contributed by atoms with Gasteiger partial charge in [-0.1, -0.05) is 43.4 Å². The molecule has 0 bridgehead atoms. The smallest absolute Gasteiger partial charge is 0.0110 e. The highest BCUT2D eigenvalue weighted by Crippen LogP contribution is 2.18. The lowest BCUT2D eigenvalue weighted by molar-refractivity contribution is 0.638. The van der Waals surface area contributed by atoms with Crippen molar-refractivity contribution in [2.24, 2.45) is 0 Å². The maximum absolute atomic E-state index is 5.03. The van der Waals surface area contributed by atoms with Crippen LogP contribution in [0.5, 0.6) is 0 Å². The Bertz CT molecular complexity index is 128. The maximum atomic E-state index is 5.03. The highest BCUT2D eigenvalue weighted by atomic mass is 32.4. The fourth-order valence-corrected chi connectivity index (χ4v) is 3.00. The Morgan fingerprint density at radius 1 is 1.17 bits per heavy atom. The number of hydrogen-bond donors (Lipinski definition) is 0. The van der Waals surface area contributed by atoms with E-state index in [-0.39, 0.29) is 0 Å². The molecule has 0 aliphatic heterocycles. The molecule has 0 saturated carbocycles. The van der Waals surface area contributed by atoms with Gasteiger partial charge in [-0.2, -0.15) is 0 Å². The van der Waals surface area contributed by atoms with Gasteiger partial charge in [0.05, 0.1) is 0 Å². The van der Waals surface area contributed by atoms with Crippen LogP contribution in [0.15, 0.2) is 0 Å². The van der Waals surface area contributed by atoms with Crippen molar-refractivity contribution >= 4 is 38.3 Å². The molecule has 0 aromatic rings. The average molecular weight is 238 g/mol. The van der Waals surface area contributed by atoms with E-state index in [0.29, 0.717) is 0 Å². The topological polar surface area (TPSA) is 0 Å². The van der Waals surface area contributed by atoms with Crippen LogP contribution in [0.2, 0.25) is 0 Å². The molecule has 0 fully saturated rings. The Kier molecular flexibility index (Phi) is 11.0. The third-order valence-corrected chi connectivity index (χ3v) is 4.77. The molecule has 1 atom stereocenters. The molecule has 12 heavy (non-hydrogen) atoms. The largest absolute Gasteiger partial charge is 0.0645 e. The van der Waals surface area contributed by atoms with Crippen LogP contribution >= 0.6 is 14.7 Å². The quantitative estimate of drug-likeness (QED) is 0.460. The summed E-state index contributed by atoms with van der Waals surface area (Å²) in [6.07, 6.45) is 7.73. The molecule has 0 radical (unpaired) electrons. The van der Waals surface area contributed by atoms with Crippen LogP contribution in [0.1, 0.15) is 39.0 Å². The Morgan fingerprint density at radius 2 is 1.92 bits per heavy atom. The summed E-state index contributed by atoms with van der Waals surface area (Å²) in [4.78, 5) is 0. The second-order valence-corrected chi connectivity index (χ2v) is 5.92. The summed E-state index contributed by atoms with van der Waals surface area (Å²) in [7, 11) is 2.29. The zero-order chi connectivity index (χ0) is 9.23. The standard InChI is InChI=1S/C8H16P2S2/c1-2-8(10-12)6-4-3-5-7-9-11/h8H,2-7H2,1H3. The molecular formula is C8H16P2S2. The summed E-state index contributed by atoms with van der Waals surface area (Å²) < 4.78 is 0. The van der Waals surface area contributed by atoms with E-state index in [9.17, 15) is 0 Å². The molecule has 0 saturated heterocycles. The van der Waals surface area contributed by atoms with E-state index in [1.54, 1.807) is 0 Å². The minimum atomic E-state index is 0.765. The van der Waals surface area contributed by atoms with Gasteiger partial charge in [0.15, 0.2) is 0 Å². The monoisotopic (exact) mass is 238 g/mol. The minimum absolute atomic E-state index is 0.765. The van der Waals surface area contributed by atoms with E-state index < -0.39 is 0 Å². The van der Waals surface area contributed by atoms with Gasteiger partial charge in [0.1, 0.15) is 0 Å². The summed E-state index contributed by atoms with van der Waals surface area (Å²) in [6.45, 7) is 2.23. The molecule has 0 aliphatic rings. The molecule has 1 unspecified atom stereocenters. The molecule has 0 heterocycles. The van der Waals surface area contributed by atoms with Crippen LogP contribution in [0.4, 0.5) is 0 Å². The van der Waals surface area contributed by atoms with Gasteiger partial charge in [-0.05, 0) is 40.1 Å². The third kappa shape index (κ3) is 7.68. The van der Waals surface area contributed by atoms with E-state index >= 15 is 0 Å². The maximum Gasteiger partial charge on any atom is 0.0110 e. The van der Waals surface area contributed by atoms with Crippen LogP contribution < -0.4 is 0 Å². The first-order chi connectivity index (χ1) is 5.85. The molecule has 0 aromatic heterocycles. The van der Waals surface area contributed by atoms with Crippen molar-refractivity contribution in [3.8, 4) is 0 Å². The molecule has 0 aromatic carbocycles. The molecule has 0 spiro atoms. The van der Waals surface area contributed by atoms with Crippen molar-refractivity contribution < 1.29 is 0 Å². The molecule has 0 nitrogen and oxygen atoms in total. The van der Waals surface area contributed by atoms with Gasteiger partial charge in [0.2, 0.25) is 0 Å². The molecule has 4 heteroatoms. The van der Waals surface area contributed by atoms with Crippen LogP contribution in [-0.4, -0.2) is 11.8 Å². The fourth-order valence-electron chi connectivity index (χ4n) is 1.06. The lowest BCUT2D eigenvalue weighted by Crippen LogP contribution is -1.95.